The summed E-state index contributed by atoms with van der Waals surface area (Å²) in [6.07, 6.45) is 3.00. The van der Waals surface area contributed by atoms with Crippen LogP contribution in [0, 0.1) is 0 Å². The van der Waals surface area contributed by atoms with Crippen LogP contribution >= 0.6 is 0 Å². The summed E-state index contributed by atoms with van der Waals surface area (Å²) < 4.78 is 0. The Balaban J connectivity index is 3.24. The molecule has 1 N–H and O–H groups in total. The molecule has 4 heteroatoms. The van der Waals surface area contributed by atoms with Gasteiger partial charge in [-0.05, 0) is 59.6 Å². The van der Waals surface area contributed by atoms with Crippen LogP contribution in [0.15, 0.2) is 24.4 Å². The van der Waals surface area contributed by atoms with Crippen LogP contribution < -0.4 is 0 Å². The molecule has 1 rings (SSSR count). The molecular weight excluding hydrogens is 300 g/mol. The highest BCUT2D eigenvalue weighted by Crippen LogP contribution is 2.34. The number of aliphatic hydroxyl groups excluding tert-OH is 1. The molecule has 0 aliphatic rings. The summed E-state index contributed by atoms with van der Waals surface area (Å²) in [5.41, 5.74) is -0.245. The van der Waals surface area contributed by atoms with Gasteiger partial charge in [0.15, 0.2) is 0 Å². The monoisotopic (exact) mass is 334 g/mol. The van der Waals surface area contributed by atoms with E-state index in [0.29, 0.717) is 30.6 Å². The van der Waals surface area contributed by atoms with Gasteiger partial charge in [0.1, 0.15) is 5.78 Å². The zero-order chi connectivity index (χ0) is 18.3. The number of nitrogens with zero attached hydrogens (tertiary/aromatic N) is 2. The number of aromatic nitrogens is 1. The van der Waals surface area contributed by atoms with Gasteiger partial charge in [0.25, 0.3) is 0 Å². The summed E-state index contributed by atoms with van der Waals surface area (Å²) in [6.45, 7) is 13.0. The van der Waals surface area contributed by atoms with Gasteiger partial charge >= 0.3 is 0 Å². The topological polar surface area (TPSA) is 53.4 Å². The van der Waals surface area contributed by atoms with Crippen molar-refractivity contribution in [2.24, 2.45) is 0 Å². The molecule has 1 aromatic rings. The van der Waals surface area contributed by atoms with Crippen LogP contribution in [0.3, 0.4) is 0 Å². The molecule has 136 valence electrons. The molecule has 0 aliphatic heterocycles. The van der Waals surface area contributed by atoms with Gasteiger partial charge in [-0.3, -0.25) is 14.7 Å². The predicted molar refractivity (Wildman–Crippen MR) is 99.1 cm³/mol. The van der Waals surface area contributed by atoms with Crippen LogP contribution in [0.25, 0.3) is 0 Å². The number of hydrogen-bond donors (Lipinski definition) is 1. The number of aliphatic hydroxyl groups is 1. The van der Waals surface area contributed by atoms with Crippen LogP contribution in [0.5, 0.6) is 0 Å². The molecule has 0 amide bonds. The van der Waals surface area contributed by atoms with E-state index in [0.717, 1.165) is 13.0 Å². The quantitative estimate of drug-likeness (QED) is 0.710. The number of pyridine rings is 1. The summed E-state index contributed by atoms with van der Waals surface area (Å²) in [4.78, 5) is 19.5. The third kappa shape index (κ3) is 4.64. The number of carbonyl (C=O) groups excluding carboxylic acids is 1. The van der Waals surface area contributed by atoms with Crippen molar-refractivity contribution in [3.63, 3.8) is 0 Å². The first-order valence-electron chi connectivity index (χ1n) is 9.13. The average molecular weight is 335 g/mol. The molecule has 2 unspecified atom stereocenters. The molecule has 0 fully saturated rings. The third-order valence-corrected chi connectivity index (χ3v) is 4.97. The maximum absolute atomic E-state index is 12.7. The lowest BCUT2D eigenvalue weighted by molar-refractivity contribution is -0.128. The second-order valence-electron chi connectivity index (χ2n) is 7.22. The van der Waals surface area contributed by atoms with Crippen LogP contribution in [0.4, 0.5) is 0 Å². The fourth-order valence-electron chi connectivity index (χ4n) is 3.62. The van der Waals surface area contributed by atoms with E-state index >= 15 is 0 Å². The first-order valence-corrected chi connectivity index (χ1v) is 9.13. The molecule has 1 aromatic heterocycles. The van der Waals surface area contributed by atoms with E-state index in [1.165, 1.54) is 0 Å². The van der Waals surface area contributed by atoms with Crippen molar-refractivity contribution in [1.29, 1.82) is 0 Å². The highest BCUT2D eigenvalue weighted by atomic mass is 16.3. The second-order valence-corrected chi connectivity index (χ2v) is 7.22. The summed E-state index contributed by atoms with van der Waals surface area (Å²) in [7, 11) is 0. The molecule has 1 heterocycles. The Morgan fingerprint density at radius 1 is 1.25 bits per heavy atom. The molecule has 2 atom stereocenters. The molecule has 0 aliphatic carbocycles. The standard InChI is InChI=1S/C20H34N2O2/c1-7-10-19(24)20(17(6)23,18-11-8-9-13-21-18)12-14-22(15(2)3)16(4)5/h8-9,11,13,15-16,19,24H,7,10,12,14H2,1-6H3. The Morgan fingerprint density at radius 2 is 1.88 bits per heavy atom. The first-order chi connectivity index (χ1) is 11.3. The lowest BCUT2D eigenvalue weighted by Crippen LogP contribution is -2.50. The van der Waals surface area contributed by atoms with Gasteiger partial charge in [-0.2, -0.15) is 0 Å². The lowest BCUT2D eigenvalue weighted by Gasteiger charge is -2.39. The number of Topliss-reactive ketones (excluding diaryl/α,β-unsaturated/α-hetero) is 1. The highest BCUT2D eigenvalue weighted by Gasteiger charge is 2.45. The molecule has 0 saturated carbocycles. The van der Waals surface area contributed by atoms with Gasteiger partial charge in [0.2, 0.25) is 0 Å². The fraction of sp³-hybridized carbons (Fsp3) is 0.700. The Hall–Kier alpha value is -1.26. The van der Waals surface area contributed by atoms with E-state index in [2.05, 4.69) is 37.6 Å². The highest BCUT2D eigenvalue weighted by molar-refractivity contribution is 5.88. The Morgan fingerprint density at radius 3 is 2.29 bits per heavy atom. The SMILES string of the molecule is CCCC(O)C(CCN(C(C)C)C(C)C)(C(C)=O)c1ccccn1. The van der Waals surface area contributed by atoms with E-state index < -0.39 is 11.5 Å². The molecule has 0 bridgehead atoms. The van der Waals surface area contributed by atoms with Gasteiger partial charge in [0.05, 0.1) is 17.2 Å². The largest absolute Gasteiger partial charge is 0.392 e. The second kappa shape index (κ2) is 9.28. The molecular formula is C20H34N2O2. The summed E-state index contributed by atoms with van der Waals surface area (Å²) in [5, 5.41) is 10.9. The van der Waals surface area contributed by atoms with E-state index in [4.69, 9.17) is 0 Å². The van der Waals surface area contributed by atoms with E-state index in [9.17, 15) is 9.90 Å². The van der Waals surface area contributed by atoms with Crippen LogP contribution in [-0.4, -0.2) is 45.5 Å². The van der Waals surface area contributed by atoms with Gasteiger partial charge in [-0.1, -0.05) is 19.4 Å². The number of carbonyl (C=O) groups is 1. The molecule has 0 spiro atoms. The van der Waals surface area contributed by atoms with Crippen molar-refractivity contribution >= 4 is 5.78 Å². The average Bonchev–Trinajstić information content (AvgIpc) is 2.51. The van der Waals surface area contributed by atoms with Crippen molar-refractivity contribution in [3.8, 4) is 0 Å². The van der Waals surface area contributed by atoms with Crippen molar-refractivity contribution in [2.75, 3.05) is 6.54 Å². The Kier molecular flexibility index (Phi) is 8.04. The number of hydrogen-bond acceptors (Lipinski definition) is 4. The summed E-state index contributed by atoms with van der Waals surface area (Å²) in [5.74, 6) is -0.00499. The smallest absolute Gasteiger partial charge is 0.144 e. The maximum atomic E-state index is 12.7. The van der Waals surface area contributed by atoms with Gasteiger partial charge in [-0.15, -0.1) is 0 Å². The minimum absolute atomic E-state index is 0.00499. The van der Waals surface area contributed by atoms with Gasteiger partial charge in [0, 0.05) is 24.8 Å². The maximum Gasteiger partial charge on any atom is 0.144 e. The fourth-order valence-corrected chi connectivity index (χ4v) is 3.62. The Bertz CT molecular complexity index is 494. The van der Waals surface area contributed by atoms with Crippen molar-refractivity contribution in [3.05, 3.63) is 30.1 Å². The van der Waals surface area contributed by atoms with E-state index in [1.54, 1.807) is 13.1 Å². The normalized spacial score (nSPS) is 15.8. The molecule has 24 heavy (non-hydrogen) atoms. The van der Waals surface area contributed by atoms with Crippen molar-refractivity contribution in [1.82, 2.24) is 9.88 Å². The van der Waals surface area contributed by atoms with Gasteiger partial charge in [-0.25, -0.2) is 0 Å². The summed E-state index contributed by atoms with van der Waals surface area (Å²) >= 11 is 0. The molecule has 0 radical (unpaired) electrons. The zero-order valence-corrected chi connectivity index (χ0v) is 16.1. The third-order valence-electron chi connectivity index (χ3n) is 4.97. The number of ketones is 1. The molecule has 0 aromatic carbocycles. The lowest BCUT2D eigenvalue weighted by atomic mass is 9.71. The Labute approximate surface area is 147 Å². The predicted octanol–water partition coefficient (Wildman–Crippen LogP) is 3.58. The van der Waals surface area contributed by atoms with Crippen LogP contribution in [0.1, 0.15) is 66.5 Å². The first kappa shape index (κ1) is 20.8. The van der Waals surface area contributed by atoms with E-state index in [1.807, 2.05) is 25.1 Å². The van der Waals surface area contributed by atoms with Gasteiger partial charge < -0.3 is 5.11 Å². The summed E-state index contributed by atoms with van der Waals surface area (Å²) in [6, 6.07) is 6.38. The van der Waals surface area contributed by atoms with E-state index in [-0.39, 0.29) is 5.78 Å². The van der Waals surface area contributed by atoms with Crippen LogP contribution in [0.2, 0.25) is 0 Å². The number of rotatable bonds is 10. The molecule has 0 saturated heterocycles. The van der Waals surface area contributed by atoms with Crippen molar-refractivity contribution < 1.29 is 9.90 Å². The zero-order valence-electron chi connectivity index (χ0n) is 16.1. The minimum Gasteiger partial charge on any atom is -0.392 e. The van der Waals surface area contributed by atoms with Crippen molar-refractivity contribution in [2.45, 2.75) is 84.4 Å². The minimum atomic E-state index is -0.931. The van der Waals surface area contributed by atoms with Crippen LogP contribution in [-0.2, 0) is 10.2 Å². The molecule has 4 nitrogen and oxygen atoms in total.